The van der Waals surface area contributed by atoms with Gasteiger partial charge in [0.1, 0.15) is 18.1 Å². The van der Waals surface area contributed by atoms with E-state index < -0.39 is 12.2 Å². The van der Waals surface area contributed by atoms with Crippen molar-refractivity contribution in [1.82, 2.24) is 10.3 Å². The Morgan fingerprint density at radius 2 is 1.90 bits per heavy atom. The second-order valence-electron chi connectivity index (χ2n) is 13.1. The van der Waals surface area contributed by atoms with Crippen molar-refractivity contribution in [3.05, 3.63) is 71.7 Å². The number of hydrazone groups is 1. The molecular formula is C35H50FN5. The summed E-state index contributed by atoms with van der Waals surface area (Å²) < 4.78 is 14.2. The molecule has 0 aromatic carbocycles. The first kappa shape index (κ1) is 30.9. The van der Waals surface area contributed by atoms with Gasteiger partial charge in [0, 0.05) is 23.7 Å². The van der Waals surface area contributed by atoms with Crippen LogP contribution in [0, 0.1) is 17.3 Å². The zero-order valence-electron chi connectivity index (χ0n) is 26.2. The largest absolute Gasteiger partial charge is 0.385 e. The average molecular weight is 560 g/mol. The summed E-state index contributed by atoms with van der Waals surface area (Å²) in [4.78, 5) is 9.19. The molecule has 0 radical (unpaired) electrons. The number of hydrogen-bond acceptors (Lipinski definition) is 5. The van der Waals surface area contributed by atoms with Gasteiger partial charge in [-0.1, -0.05) is 63.6 Å². The van der Waals surface area contributed by atoms with Gasteiger partial charge in [-0.15, -0.1) is 0 Å². The maximum absolute atomic E-state index is 14.2. The van der Waals surface area contributed by atoms with E-state index in [9.17, 15) is 4.39 Å². The third kappa shape index (κ3) is 6.90. The first-order valence-corrected chi connectivity index (χ1v) is 15.4. The number of halogens is 1. The minimum Gasteiger partial charge on any atom is -0.385 e. The van der Waals surface area contributed by atoms with Gasteiger partial charge in [-0.3, -0.25) is 19.4 Å². The molecule has 5 nitrogen and oxygen atoms in total. The molecule has 0 spiro atoms. The van der Waals surface area contributed by atoms with Crippen LogP contribution in [0.15, 0.2) is 86.7 Å². The van der Waals surface area contributed by atoms with Crippen molar-refractivity contribution >= 4 is 17.1 Å². The maximum Gasteiger partial charge on any atom is 0.130 e. The normalized spacial score (nSPS) is 30.3. The zero-order valence-corrected chi connectivity index (χ0v) is 26.2. The van der Waals surface area contributed by atoms with Crippen LogP contribution >= 0.6 is 0 Å². The molecule has 0 aromatic rings. The van der Waals surface area contributed by atoms with E-state index in [0.717, 1.165) is 40.6 Å². The van der Waals surface area contributed by atoms with Crippen LogP contribution in [0.2, 0.25) is 0 Å². The lowest BCUT2D eigenvalue weighted by molar-refractivity contribution is 0.132. The number of aliphatic imine (C=N–C) groups is 2. The molecule has 0 amide bonds. The summed E-state index contributed by atoms with van der Waals surface area (Å²) in [5, 5.41) is 10.6. The predicted molar refractivity (Wildman–Crippen MR) is 173 cm³/mol. The van der Waals surface area contributed by atoms with Crippen LogP contribution < -0.4 is 5.32 Å². The molecule has 4 rings (SSSR count). The fraction of sp³-hybridized carbons (Fsp3) is 0.571. The number of alkyl halides is 1. The van der Waals surface area contributed by atoms with Gasteiger partial charge < -0.3 is 5.32 Å². The van der Waals surface area contributed by atoms with Gasteiger partial charge in [-0.05, 0) is 88.9 Å². The van der Waals surface area contributed by atoms with E-state index in [1.165, 1.54) is 37.7 Å². The molecule has 1 saturated carbocycles. The van der Waals surface area contributed by atoms with E-state index in [0.29, 0.717) is 31.0 Å². The highest BCUT2D eigenvalue weighted by molar-refractivity contribution is 6.72. The summed E-state index contributed by atoms with van der Waals surface area (Å²) in [5.74, 6) is 0.580. The number of allylic oxidation sites excluding steroid dienone is 8. The number of nitrogens with one attached hydrogen (secondary N) is 1. The van der Waals surface area contributed by atoms with E-state index in [-0.39, 0.29) is 11.3 Å². The van der Waals surface area contributed by atoms with Crippen molar-refractivity contribution in [2.24, 2.45) is 32.3 Å². The molecule has 0 saturated heterocycles. The van der Waals surface area contributed by atoms with Gasteiger partial charge in [0.05, 0.1) is 23.6 Å². The van der Waals surface area contributed by atoms with E-state index in [1.807, 2.05) is 24.9 Å². The van der Waals surface area contributed by atoms with E-state index in [4.69, 9.17) is 5.10 Å². The fourth-order valence-corrected chi connectivity index (χ4v) is 6.85. The molecular weight excluding hydrogens is 509 g/mol. The number of nitrogens with zero attached hydrogens (tertiary/aromatic N) is 4. The third-order valence-electron chi connectivity index (χ3n) is 9.41. The van der Waals surface area contributed by atoms with Crippen molar-refractivity contribution in [3.63, 3.8) is 0 Å². The van der Waals surface area contributed by atoms with Crippen molar-refractivity contribution in [1.29, 1.82) is 0 Å². The Morgan fingerprint density at radius 3 is 2.49 bits per heavy atom. The molecule has 6 heteroatoms. The molecule has 2 atom stereocenters. The average Bonchev–Trinajstić information content (AvgIpc) is 3.38. The van der Waals surface area contributed by atoms with Crippen LogP contribution in [-0.4, -0.2) is 47.6 Å². The Morgan fingerprint density at radius 1 is 1.17 bits per heavy atom. The summed E-state index contributed by atoms with van der Waals surface area (Å²) in [5.41, 5.74) is 6.76. The summed E-state index contributed by atoms with van der Waals surface area (Å²) in [6.07, 6.45) is 19.7. The second kappa shape index (κ2) is 12.9. The minimum atomic E-state index is -0.504. The Labute approximate surface area is 247 Å². The van der Waals surface area contributed by atoms with Gasteiger partial charge in [-0.2, -0.15) is 5.10 Å². The molecule has 0 aromatic heterocycles. The SMILES string of the molecule is C=C1NCC(CF)CC(C)(C)N(C(=C)/C=C(\C)C2=CCC(C)(C3CCCCC3)C=C2)/N=C(C2=NCN=C2C)\C1=C\C. The summed E-state index contributed by atoms with van der Waals surface area (Å²) in [6, 6.07) is 0. The van der Waals surface area contributed by atoms with E-state index in [2.05, 4.69) is 80.5 Å². The Balaban J connectivity index is 1.70. The monoisotopic (exact) mass is 559 g/mol. The van der Waals surface area contributed by atoms with Crippen LogP contribution in [0.25, 0.3) is 0 Å². The van der Waals surface area contributed by atoms with Crippen molar-refractivity contribution in [2.75, 3.05) is 19.9 Å². The zero-order chi connectivity index (χ0) is 29.8. The highest BCUT2D eigenvalue weighted by atomic mass is 19.1. The summed E-state index contributed by atoms with van der Waals surface area (Å²) >= 11 is 0. The Hall–Kier alpha value is -3.02. The molecule has 41 heavy (non-hydrogen) atoms. The molecule has 2 aliphatic heterocycles. The topological polar surface area (TPSA) is 52.3 Å². The third-order valence-corrected chi connectivity index (χ3v) is 9.41. The quantitative estimate of drug-likeness (QED) is 0.333. The van der Waals surface area contributed by atoms with Crippen molar-refractivity contribution in [3.8, 4) is 0 Å². The highest BCUT2D eigenvalue weighted by Gasteiger charge is 2.35. The smallest absolute Gasteiger partial charge is 0.130 e. The van der Waals surface area contributed by atoms with Gasteiger partial charge in [-0.25, -0.2) is 0 Å². The van der Waals surface area contributed by atoms with Crippen LogP contribution in [-0.2, 0) is 0 Å². The van der Waals surface area contributed by atoms with Crippen LogP contribution in [0.4, 0.5) is 4.39 Å². The van der Waals surface area contributed by atoms with Crippen molar-refractivity contribution in [2.45, 2.75) is 92.0 Å². The van der Waals surface area contributed by atoms with Crippen molar-refractivity contribution < 1.29 is 4.39 Å². The lowest BCUT2D eigenvalue weighted by Gasteiger charge is -2.40. The number of hydrogen-bond donors (Lipinski definition) is 1. The Kier molecular flexibility index (Phi) is 9.71. The first-order chi connectivity index (χ1) is 19.5. The molecule has 2 aliphatic carbocycles. The molecule has 2 heterocycles. The molecule has 0 bridgehead atoms. The highest BCUT2D eigenvalue weighted by Crippen LogP contribution is 2.45. The lowest BCUT2D eigenvalue weighted by atomic mass is 9.66. The second-order valence-corrected chi connectivity index (χ2v) is 13.1. The van der Waals surface area contributed by atoms with E-state index in [1.54, 1.807) is 0 Å². The predicted octanol–water partition coefficient (Wildman–Crippen LogP) is 8.27. The van der Waals surface area contributed by atoms with Gasteiger partial charge >= 0.3 is 0 Å². The minimum absolute atomic E-state index is 0.189. The molecule has 222 valence electrons. The van der Waals surface area contributed by atoms with Crippen LogP contribution in [0.3, 0.4) is 0 Å². The van der Waals surface area contributed by atoms with E-state index >= 15 is 0 Å². The van der Waals surface area contributed by atoms with Crippen LogP contribution in [0.1, 0.15) is 86.5 Å². The van der Waals surface area contributed by atoms with Gasteiger partial charge in [0.2, 0.25) is 0 Å². The number of rotatable bonds is 6. The Bertz CT molecular complexity index is 1250. The van der Waals surface area contributed by atoms with Crippen LogP contribution in [0.5, 0.6) is 0 Å². The lowest BCUT2D eigenvalue weighted by Crippen LogP contribution is -2.45. The molecule has 4 aliphatic rings. The maximum atomic E-state index is 14.2. The van der Waals surface area contributed by atoms with Gasteiger partial charge in [0.25, 0.3) is 0 Å². The molecule has 2 unspecified atom stereocenters. The first-order valence-electron chi connectivity index (χ1n) is 15.4. The fourth-order valence-electron chi connectivity index (χ4n) is 6.85. The standard InChI is InChI=1S/C35H50FN5/c1-9-31-26(4)37-22-28(21-36)20-34(6,7)41(40-33(31)32-27(5)38-23-39-32)25(3)19-24(2)29-15-17-35(8,18-16-29)30-13-11-10-12-14-30/h9,15-17,19,28,30,37H,3-4,10-14,18,20-23H2,1-2,5-8H3/b24-19+,31-9+,40-33+. The summed E-state index contributed by atoms with van der Waals surface area (Å²) in [6.45, 7) is 22.0. The van der Waals surface area contributed by atoms with Gasteiger partial charge in [0.15, 0.2) is 0 Å². The molecule has 1 N–H and O–H groups in total. The molecule has 1 fully saturated rings. The summed E-state index contributed by atoms with van der Waals surface area (Å²) in [7, 11) is 0.